The number of aliphatic hydroxyl groups is 6. The van der Waals surface area contributed by atoms with Crippen molar-refractivity contribution in [1.82, 2.24) is 0 Å². The average Bonchev–Trinajstić information content (AvgIpc) is 3.22. The van der Waals surface area contributed by atoms with Gasteiger partial charge in [0, 0.05) is 12.8 Å². The Morgan fingerprint density at radius 3 is 1.73 bits per heavy atom. The van der Waals surface area contributed by atoms with Gasteiger partial charge >= 0.3 is 19.8 Å². The van der Waals surface area contributed by atoms with E-state index >= 15 is 0 Å². The highest BCUT2D eigenvalue weighted by Gasteiger charge is 2.51. The Morgan fingerprint density at radius 2 is 1.13 bits per heavy atom. The molecule has 1 aliphatic rings. The SMILES string of the molecule is CC/C=C\C(O)C/C=C/C=C\C/C=C\C/C=C\CCCC(=O)OC[C@H](COP(=O)(O)OC1[C@H](O)[C@H](O)C(O)[C@H](O)[C@H]1O)OC(=O)CCCCCCCCCCCCCCC. The minimum Gasteiger partial charge on any atom is -0.462 e. The van der Waals surface area contributed by atoms with E-state index in [1.165, 1.54) is 51.4 Å². The second-order valence-electron chi connectivity index (χ2n) is 15.4. The van der Waals surface area contributed by atoms with Crippen molar-refractivity contribution in [1.29, 1.82) is 0 Å². The molecule has 1 aliphatic carbocycles. The van der Waals surface area contributed by atoms with Crippen molar-refractivity contribution in [2.45, 2.75) is 198 Å². The first-order valence-electron chi connectivity index (χ1n) is 22.2. The van der Waals surface area contributed by atoms with E-state index < -0.39 is 81.8 Å². The van der Waals surface area contributed by atoms with Crippen molar-refractivity contribution >= 4 is 19.8 Å². The molecule has 9 atom stereocenters. The molecule has 346 valence electrons. The quantitative estimate of drug-likeness (QED) is 0.0110. The summed E-state index contributed by atoms with van der Waals surface area (Å²) in [5.41, 5.74) is 0. The Morgan fingerprint density at radius 1 is 0.617 bits per heavy atom. The zero-order valence-electron chi connectivity index (χ0n) is 36.1. The summed E-state index contributed by atoms with van der Waals surface area (Å²) in [6, 6.07) is 0. The predicted octanol–water partition coefficient (Wildman–Crippen LogP) is 7.14. The zero-order chi connectivity index (χ0) is 44.4. The third kappa shape index (κ3) is 27.5. The number of aliphatic hydroxyl groups excluding tert-OH is 6. The molecule has 0 heterocycles. The van der Waals surface area contributed by atoms with Crippen LogP contribution in [0, 0.1) is 0 Å². The minimum absolute atomic E-state index is 0.0699. The highest BCUT2D eigenvalue weighted by Crippen LogP contribution is 2.47. The molecule has 0 spiro atoms. The molecular weight excluding hydrogens is 795 g/mol. The largest absolute Gasteiger partial charge is 0.472 e. The standard InChI is InChI=1S/C45H77O14P/c1-3-5-7-8-9-10-11-12-17-20-23-26-29-33-39(48)58-37(35-57-60(54,55)59-45-43(52)41(50)40(49)42(51)44(45)53)34-56-38(47)32-28-25-22-19-16-14-13-15-18-21-24-27-31-36(46)30-6-4-2/h6,13-14,18-19,21-22,24,27,30,36-37,40-46,49-53H,3-5,7-12,15-17,20,23,25-26,28-29,31-35H2,1-2H3,(H,54,55)/b14-13-,21-18-,22-19-,27-24+,30-6-/t36?,37-,40?,41-,42+,43-,44-,45?/m1/s1. The van der Waals surface area contributed by atoms with Crippen LogP contribution in [0.1, 0.15) is 149 Å². The number of carbonyl (C=O) groups excluding carboxylic acids is 2. The molecule has 0 aromatic heterocycles. The number of unbranched alkanes of at least 4 members (excludes halogenated alkanes) is 13. The summed E-state index contributed by atoms with van der Waals surface area (Å²) in [5.74, 6) is -1.19. The number of ether oxygens (including phenoxy) is 2. The fraction of sp³-hybridized carbons (Fsp3) is 0.733. The first-order chi connectivity index (χ1) is 28.8. The van der Waals surface area contributed by atoms with E-state index in [1.807, 2.05) is 61.6 Å². The summed E-state index contributed by atoms with van der Waals surface area (Å²) in [6.07, 6.45) is 24.8. The van der Waals surface area contributed by atoms with Crippen LogP contribution in [-0.2, 0) is 32.7 Å². The van der Waals surface area contributed by atoms with Gasteiger partial charge in [0.15, 0.2) is 6.10 Å². The van der Waals surface area contributed by atoms with E-state index in [0.717, 1.165) is 44.9 Å². The fourth-order valence-electron chi connectivity index (χ4n) is 6.34. The lowest BCUT2D eigenvalue weighted by Gasteiger charge is -2.41. The molecule has 0 amide bonds. The molecule has 0 aliphatic heterocycles. The van der Waals surface area contributed by atoms with Gasteiger partial charge in [0.2, 0.25) is 0 Å². The minimum atomic E-state index is -5.14. The lowest BCUT2D eigenvalue weighted by Crippen LogP contribution is -2.64. The lowest BCUT2D eigenvalue weighted by atomic mass is 9.85. The van der Waals surface area contributed by atoms with Crippen LogP contribution in [-0.4, -0.2) is 110 Å². The maximum atomic E-state index is 12.8. The van der Waals surface area contributed by atoms with Crippen LogP contribution in [0.5, 0.6) is 0 Å². The van der Waals surface area contributed by atoms with Crippen LogP contribution < -0.4 is 0 Å². The predicted molar refractivity (Wildman–Crippen MR) is 232 cm³/mol. The molecule has 60 heavy (non-hydrogen) atoms. The lowest BCUT2D eigenvalue weighted by molar-refractivity contribution is -0.220. The first-order valence-corrected chi connectivity index (χ1v) is 23.7. The van der Waals surface area contributed by atoms with Gasteiger partial charge in [0.1, 0.15) is 43.2 Å². The summed E-state index contributed by atoms with van der Waals surface area (Å²) in [7, 11) is -5.14. The molecular formula is C45H77O14P. The van der Waals surface area contributed by atoms with Crippen LogP contribution in [0.15, 0.2) is 60.8 Å². The Kier molecular flexibility index (Phi) is 32.4. The van der Waals surface area contributed by atoms with Gasteiger partial charge in [-0.2, -0.15) is 0 Å². The van der Waals surface area contributed by atoms with E-state index in [-0.39, 0.29) is 12.8 Å². The van der Waals surface area contributed by atoms with Crippen molar-refractivity contribution in [3.8, 4) is 0 Å². The summed E-state index contributed by atoms with van der Waals surface area (Å²) in [4.78, 5) is 35.6. The number of phosphoric acid groups is 1. The summed E-state index contributed by atoms with van der Waals surface area (Å²) < 4.78 is 33.4. The number of allylic oxidation sites excluding steroid dienone is 8. The number of rotatable bonds is 35. The van der Waals surface area contributed by atoms with Gasteiger partial charge in [-0.15, -0.1) is 0 Å². The summed E-state index contributed by atoms with van der Waals surface area (Å²) in [6.45, 7) is 2.99. The van der Waals surface area contributed by atoms with Crippen molar-refractivity contribution in [3.63, 3.8) is 0 Å². The Hall–Kier alpha value is -2.49. The second-order valence-corrected chi connectivity index (χ2v) is 16.8. The van der Waals surface area contributed by atoms with Crippen LogP contribution in [0.3, 0.4) is 0 Å². The normalized spacial score (nSPS) is 23.3. The van der Waals surface area contributed by atoms with Crippen LogP contribution in [0.25, 0.3) is 0 Å². The number of esters is 2. The molecule has 14 nitrogen and oxygen atoms in total. The van der Waals surface area contributed by atoms with Gasteiger partial charge in [0.05, 0.1) is 12.7 Å². The monoisotopic (exact) mass is 873 g/mol. The van der Waals surface area contributed by atoms with Gasteiger partial charge in [-0.1, -0.05) is 152 Å². The van der Waals surface area contributed by atoms with Crippen molar-refractivity contribution in [3.05, 3.63) is 60.8 Å². The van der Waals surface area contributed by atoms with Crippen LogP contribution in [0.2, 0.25) is 0 Å². The molecule has 15 heteroatoms. The first kappa shape index (κ1) is 55.5. The van der Waals surface area contributed by atoms with Gasteiger partial charge in [0.25, 0.3) is 0 Å². The number of hydrogen-bond donors (Lipinski definition) is 7. The second kappa shape index (κ2) is 35.0. The van der Waals surface area contributed by atoms with Crippen LogP contribution >= 0.6 is 7.82 Å². The third-order valence-electron chi connectivity index (χ3n) is 9.95. The number of phosphoric ester groups is 1. The maximum Gasteiger partial charge on any atom is 0.472 e. The van der Waals surface area contributed by atoms with Gasteiger partial charge < -0.3 is 45.0 Å². The topological polar surface area (TPSA) is 230 Å². The fourth-order valence-corrected chi connectivity index (χ4v) is 7.32. The molecule has 0 bridgehead atoms. The molecule has 0 aromatic carbocycles. The molecule has 1 fully saturated rings. The number of carbonyl (C=O) groups is 2. The van der Waals surface area contributed by atoms with E-state index in [4.69, 9.17) is 18.5 Å². The zero-order valence-corrected chi connectivity index (χ0v) is 37.0. The molecule has 0 aromatic rings. The third-order valence-corrected chi connectivity index (χ3v) is 10.9. The maximum absolute atomic E-state index is 12.8. The molecule has 7 N–H and O–H groups in total. The van der Waals surface area contributed by atoms with Gasteiger partial charge in [-0.3, -0.25) is 18.6 Å². The molecule has 1 saturated carbocycles. The highest BCUT2D eigenvalue weighted by atomic mass is 31.2. The van der Waals surface area contributed by atoms with E-state index in [2.05, 4.69) is 6.92 Å². The van der Waals surface area contributed by atoms with Crippen molar-refractivity contribution in [2.75, 3.05) is 13.2 Å². The molecule has 1 rings (SSSR count). The average molecular weight is 873 g/mol. The smallest absolute Gasteiger partial charge is 0.462 e. The Balaban J connectivity index is 2.53. The van der Waals surface area contributed by atoms with Crippen molar-refractivity contribution < 1.29 is 68.2 Å². The van der Waals surface area contributed by atoms with E-state index in [0.29, 0.717) is 25.7 Å². The number of hydrogen-bond acceptors (Lipinski definition) is 13. The summed E-state index contributed by atoms with van der Waals surface area (Å²) >= 11 is 0. The summed E-state index contributed by atoms with van der Waals surface area (Å²) in [5, 5.41) is 59.8. The Bertz CT molecular complexity index is 1300. The van der Waals surface area contributed by atoms with Crippen LogP contribution in [0.4, 0.5) is 0 Å². The molecule has 0 saturated heterocycles. The Labute approximate surface area is 358 Å². The van der Waals surface area contributed by atoms with E-state index in [1.54, 1.807) is 6.08 Å². The molecule has 0 radical (unpaired) electrons. The van der Waals surface area contributed by atoms with Gasteiger partial charge in [-0.05, 0) is 44.9 Å². The molecule has 4 unspecified atom stereocenters. The van der Waals surface area contributed by atoms with E-state index in [9.17, 15) is 49.7 Å². The van der Waals surface area contributed by atoms with Gasteiger partial charge in [-0.25, -0.2) is 4.57 Å². The van der Waals surface area contributed by atoms with Crippen molar-refractivity contribution in [2.24, 2.45) is 0 Å². The highest BCUT2D eigenvalue weighted by molar-refractivity contribution is 7.47.